The van der Waals surface area contributed by atoms with E-state index in [4.69, 9.17) is 0 Å². The van der Waals surface area contributed by atoms with Gasteiger partial charge in [-0.05, 0) is 25.2 Å². The largest absolute Gasteiger partial charge is 0.314 e. The second kappa shape index (κ2) is 5.78. The van der Waals surface area contributed by atoms with Gasteiger partial charge in [0.25, 0.3) is 0 Å². The average molecular weight is 166 g/mol. The molecule has 1 heteroatoms. The first-order valence-electron chi connectivity index (χ1n) is 4.42. The van der Waals surface area contributed by atoms with Crippen LogP contribution in [0.3, 0.4) is 0 Å². The SMILES string of the molecule is C=CC[N+](CC)(CC=C)CC=C. The molecule has 1 nitrogen and oxygen atoms in total. The quantitative estimate of drug-likeness (QED) is 0.402. The number of quaternary nitrogens is 1. The molecule has 0 heterocycles. The van der Waals surface area contributed by atoms with Gasteiger partial charge in [0.1, 0.15) is 0 Å². The first-order chi connectivity index (χ1) is 5.74. The van der Waals surface area contributed by atoms with Gasteiger partial charge in [0.2, 0.25) is 0 Å². The summed E-state index contributed by atoms with van der Waals surface area (Å²) in [6.45, 7) is 17.6. The second-order valence-electron chi connectivity index (χ2n) is 3.07. The van der Waals surface area contributed by atoms with Crippen LogP contribution >= 0.6 is 0 Å². The summed E-state index contributed by atoms with van der Waals surface area (Å²) in [6, 6.07) is 0. The minimum absolute atomic E-state index is 0.995. The predicted molar refractivity (Wildman–Crippen MR) is 56.0 cm³/mol. The molecule has 0 saturated heterocycles. The second-order valence-corrected chi connectivity index (χ2v) is 3.07. The summed E-state index contributed by atoms with van der Waals surface area (Å²) in [6.07, 6.45) is 5.91. The lowest BCUT2D eigenvalue weighted by atomic mass is 10.3. The zero-order valence-electron chi connectivity index (χ0n) is 8.13. The average Bonchev–Trinajstić information content (AvgIpc) is 2.06. The van der Waals surface area contributed by atoms with E-state index in [9.17, 15) is 0 Å². The van der Waals surface area contributed by atoms with Gasteiger partial charge in [-0.25, -0.2) is 0 Å². The minimum atomic E-state index is 0.995. The summed E-state index contributed by atoms with van der Waals surface area (Å²) in [5.74, 6) is 0. The van der Waals surface area contributed by atoms with Crippen molar-refractivity contribution in [2.24, 2.45) is 0 Å². The highest BCUT2D eigenvalue weighted by atomic mass is 15.3. The van der Waals surface area contributed by atoms with Crippen molar-refractivity contribution in [3.05, 3.63) is 38.0 Å². The van der Waals surface area contributed by atoms with Crippen LogP contribution in [0.2, 0.25) is 0 Å². The van der Waals surface area contributed by atoms with Crippen LogP contribution in [0.15, 0.2) is 38.0 Å². The molecule has 0 atom stereocenters. The van der Waals surface area contributed by atoms with Crippen LogP contribution in [-0.2, 0) is 0 Å². The van der Waals surface area contributed by atoms with Gasteiger partial charge < -0.3 is 4.48 Å². The fourth-order valence-electron chi connectivity index (χ4n) is 1.43. The fourth-order valence-corrected chi connectivity index (χ4v) is 1.43. The highest BCUT2D eigenvalue weighted by molar-refractivity contribution is 4.75. The molecule has 0 N–H and O–H groups in total. The molecule has 0 saturated carbocycles. The van der Waals surface area contributed by atoms with Crippen LogP contribution in [0.4, 0.5) is 0 Å². The summed E-state index contributed by atoms with van der Waals surface area (Å²) in [5, 5.41) is 0. The molecule has 0 amide bonds. The van der Waals surface area contributed by atoms with E-state index in [0.29, 0.717) is 0 Å². The lowest BCUT2D eigenvalue weighted by Crippen LogP contribution is -2.48. The molecule has 0 aromatic heterocycles. The van der Waals surface area contributed by atoms with E-state index >= 15 is 0 Å². The molecule has 0 radical (unpaired) electrons. The lowest BCUT2D eigenvalue weighted by molar-refractivity contribution is -0.910. The molecule has 0 rings (SSSR count). The van der Waals surface area contributed by atoms with Crippen LogP contribution in [0.25, 0.3) is 0 Å². The number of hydrogen-bond donors (Lipinski definition) is 0. The molecule has 0 aromatic carbocycles. The highest BCUT2D eigenvalue weighted by Crippen LogP contribution is 2.06. The number of nitrogens with zero attached hydrogens (tertiary/aromatic N) is 1. The third-order valence-corrected chi connectivity index (χ3v) is 2.22. The normalized spacial score (nSPS) is 10.8. The third-order valence-electron chi connectivity index (χ3n) is 2.22. The van der Waals surface area contributed by atoms with E-state index in [-0.39, 0.29) is 0 Å². The van der Waals surface area contributed by atoms with Gasteiger partial charge in [0.15, 0.2) is 0 Å². The molecule has 0 aliphatic carbocycles. The van der Waals surface area contributed by atoms with Crippen molar-refractivity contribution < 1.29 is 4.48 Å². The standard InChI is InChI=1S/C11H20N/c1-5-9-12(8-4,10-6-2)11-7-3/h5-7H,1-3,8-11H2,4H3/q+1. The molecule has 0 unspecified atom stereocenters. The Bertz CT molecular complexity index is 132. The van der Waals surface area contributed by atoms with E-state index in [1.807, 2.05) is 18.2 Å². The molecular formula is C11H20N+. The molecule has 12 heavy (non-hydrogen) atoms. The molecule has 0 spiro atoms. The Morgan fingerprint density at radius 2 is 1.25 bits per heavy atom. The summed E-state index contributed by atoms with van der Waals surface area (Å²) in [5.41, 5.74) is 0. The zero-order valence-corrected chi connectivity index (χ0v) is 8.13. The zero-order chi connectivity index (χ0) is 9.45. The van der Waals surface area contributed by atoms with Crippen molar-refractivity contribution in [3.63, 3.8) is 0 Å². The van der Waals surface area contributed by atoms with Crippen molar-refractivity contribution in [2.75, 3.05) is 26.2 Å². The first kappa shape index (κ1) is 11.2. The minimum Gasteiger partial charge on any atom is -0.314 e. The van der Waals surface area contributed by atoms with Crippen LogP contribution < -0.4 is 0 Å². The van der Waals surface area contributed by atoms with Crippen LogP contribution in [0, 0.1) is 0 Å². The Kier molecular flexibility index (Phi) is 5.39. The maximum Gasteiger partial charge on any atom is 0.0975 e. The third kappa shape index (κ3) is 3.05. The molecule has 0 aliphatic rings. The van der Waals surface area contributed by atoms with Crippen LogP contribution in [0.1, 0.15) is 6.92 Å². The molecule has 0 fully saturated rings. The Labute approximate surface area is 76.3 Å². The molecular weight excluding hydrogens is 146 g/mol. The van der Waals surface area contributed by atoms with Crippen molar-refractivity contribution in [3.8, 4) is 0 Å². The van der Waals surface area contributed by atoms with E-state index in [0.717, 1.165) is 30.7 Å². The number of likely N-dealkylation sites (N-methyl/N-ethyl adjacent to an activating group) is 1. The Balaban J connectivity index is 4.35. The van der Waals surface area contributed by atoms with Crippen molar-refractivity contribution in [2.45, 2.75) is 6.92 Å². The molecule has 0 aliphatic heterocycles. The topological polar surface area (TPSA) is 0 Å². The van der Waals surface area contributed by atoms with Gasteiger partial charge in [-0.15, -0.1) is 0 Å². The maximum atomic E-state index is 3.77. The van der Waals surface area contributed by atoms with Crippen LogP contribution in [-0.4, -0.2) is 30.7 Å². The van der Waals surface area contributed by atoms with Gasteiger partial charge in [-0.3, -0.25) is 0 Å². The van der Waals surface area contributed by atoms with Gasteiger partial charge >= 0.3 is 0 Å². The number of hydrogen-bond acceptors (Lipinski definition) is 0. The van der Waals surface area contributed by atoms with Gasteiger partial charge in [-0.1, -0.05) is 19.7 Å². The summed E-state index contributed by atoms with van der Waals surface area (Å²) >= 11 is 0. The highest BCUT2D eigenvalue weighted by Gasteiger charge is 2.19. The lowest BCUT2D eigenvalue weighted by Gasteiger charge is -2.34. The van der Waals surface area contributed by atoms with E-state index in [2.05, 4.69) is 26.7 Å². The first-order valence-corrected chi connectivity index (χ1v) is 4.42. The molecule has 68 valence electrons. The summed E-state index contributed by atoms with van der Waals surface area (Å²) in [4.78, 5) is 0. The monoisotopic (exact) mass is 166 g/mol. The van der Waals surface area contributed by atoms with Crippen molar-refractivity contribution in [1.82, 2.24) is 0 Å². The summed E-state index contributed by atoms with van der Waals surface area (Å²) < 4.78 is 0.997. The Morgan fingerprint density at radius 1 is 0.917 bits per heavy atom. The van der Waals surface area contributed by atoms with Gasteiger partial charge in [0.05, 0.1) is 26.2 Å². The van der Waals surface area contributed by atoms with Crippen LogP contribution in [0.5, 0.6) is 0 Å². The molecule has 0 bridgehead atoms. The van der Waals surface area contributed by atoms with Gasteiger partial charge in [-0.2, -0.15) is 0 Å². The summed E-state index contributed by atoms with van der Waals surface area (Å²) in [7, 11) is 0. The van der Waals surface area contributed by atoms with E-state index in [1.54, 1.807) is 0 Å². The molecule has 0 aromatic rings. The van der Waals surface area contributed by atoms with E-state index in [1.165, 1.54) is 0 Å². The number of rotatable bonds is 7. The smallest absolute Gasteiger partial charge is 0.0975 e. The maximum absolute atomic E-state index is 3.77. The van der Waals surface area contributed by atoms with E-state index < -0.39 is 0 Å². The Hall–Kier alpha value is -0.820. The fraction of sp³-hybridized carbons (Fsp3) is 0.455. The van der Waals surface area contributed by atoms with Crippen molar-refractivity contribution in [1.29, 1.82) is 0 Å². The van der Waals surface area contributed by atoms with Crippen molar-refractivity contribution >= 4 is 0 Å². The van der Waals surface area contributed by atoms with Gasteiger partial charge in [0, 0.05) is 0 Å². The Morgan fingerprint density at radius 3 is 1.42 bits per heavy atom. The predicted octanol–water partition coefficient (Wildman–Crippen LogP) is 2.38.